The van der Waals surface area contributed by atoms with E-state index in [4.69, 9.17) is 10.5 Å². The van der Waals surface area contributed by atoms with Crippen molar-refractivity contribution < 1.29 is 28.7 Å². The fourth-order valence-corrected chi connectivity index (χ4v) is 3.46. The van der Waals surface area contributed by atoms with Gasteiger partial charge >= 0.3 is 12.0 Å². The monoisotopic (exact) mass is 461 g/mol. The van der Waals surface area contributed by atoms with Crippen molar-refractivity contribution in [2.45, 2.75) is 64.1 Å². The Morgan fingerprint density at radius 3 is 2.27 bits per heavy atom. The van der Waals surface area contributed by atoms with Gasteiger partial charge in [-0.25, -0.2) is 4.79 Å². The Hall–Kier alpha value is -3.63. The summed E-state index contributed by atoms with van der Waals surface area (Å²) in [6.45, 7) is 3.04. The first-order chi connectivity index (χ1) is 15.6. The summed E-state index contributed by atoms with van der Waals surface area (Å²) in [7, 11) is 0. The second kappa shape index (κ2) is 11.8. The Morgan fingerprint density at radius 2 is 1.76 bits per heavy atom. The average molecular weight is 462 g/mol. The number of ether oxygens (including phenoxy) is 1. The Bertz CT molecular complexity index is 882. The first-order valence-corrected chi connectivity index (χ1v) is 10.8. The van der Waals surface area contributed by atoms with Crippen LogP contribution < -0.4 is 27.0 Å². The van der Waals surface area contributed by atoms with E-state index in [1.165, 1.54) is 13.8 Å². The van der Waals surface area contributed by atoms with Gasteiger partial charge in [0.05, 0.1) is 0 Å². The van der Waals surface area contributed by atoms with Gasteiger partial charge in [-0.1, -0.05) is 12.1 Å². The molecule has 33 heavy (non-hydrogen) atoms. The van der Waals surface area contributed by atoms with Gasteiger partial charge in [0, 0.05) is 26.1 Å². The molecule has 1 aliphatic rings. The molecule has 1 aromatic carbocycles. The van der Waals surface area contributed by atoms with Gasteiger partial charge in [-0.3, -0.25) is 19.2 Å². The van der Waals surface area contributed by atoms with Crippen molar-refractivity contribution in [2.24, 2.45) is 5.73 Å². The number of urea groups is 1. The van der Waals surface area contributed by atoms with Crippen molar-refractivity contribution in [1.82, 2.24) is 16.0 Å². The predicted octanol–water partition coefficient (Wildman–Crippen LogP) is 0.680. The first kappa shape index (κ1) is 25.6. The molecule has 11 nitrogen and oxygen atoms in total. The van der Waals surface area contributed by atoms with E-state index in [-0.39, 0.29) is 31.4 Å². The molecule has 2 rings (SSSR count). The predicted molar refractivity (Wildman–Crippen MR) is 120 cm³/mol. The van der Waals surface area contributed by atoms with Gasteiger partial charge in [0.1, 0.15) is 18.2 Å². The topological polar surface area (TPSA) is 169 Å². The lowest BCUT2D eigenvalue weighted by atomic mass is 9.75. The van der Waals surface area contributed by atoms with Crippen molar-refractivity contribution >= 4 is 35.4 Å². The number of carbonyl (C=O) groups excluding carboxylic acids is 5. The van der Waals surface area contributed by atoms with Gasteiger partial charge in [0.2, 0.25) is 17.7 Å². The fourth-order valence-electron chi connectivity index (χ4n) is 3.46. The van der Waals surface area contributed by atoms with Crippen LogP contribution in [0.5, 0.6) is 0 Å². The minimum Gasteiger partial charge on any atom is -0.461 e. The zero-order valence-electron chi connectivity index (χ0n) is 18.9. The van der Waals surface area contributed by atoms with Gasteiger partial charge in [-0.05, 0) is 49.8 Å². The van der Waals surface area contributed by atoms with E-state index in [0.717, 1.165) is 12.0 Å². The number of nitrogens with two attached hydrogens (primary N) is 1. The zero-order chi connectivity index (χ0) is 24.4. The van der Waals surface area contributed by atoms with Crippen LogP contribution in [0.3, 0.4) is 0 Å². The molecule has 0 saturated heterocycles. The van der Waals surface area contributed by atoms with E-state index < -0.39 is 29.4 Å². The van der Waals surface area contributed by atoms with Crippen LogP contribution in [0.15, 0.2) is 24.3 Å². The van der Waals surface area contributed by atoms with Crippen molar-refractivity contribution in [1.29, 1.82) is 0 Å². The van der Waals surface area contributed by atoms with Gasteiger partial charge in [0.25, 0.3) is 0 Å². The molecular formula is C22H31N5O6. The summed E-state index contributed by atoms with van der Waals surface area (Å²) >= 11 is 0. The molecule has 0 bridgehead atoms. The maximum Gasteiger partial charge on any atom is 0.312 e. The molecular weight excluding hydrogens is 430 g/mol. The maximum absolute atomic E-state index is 12.9. The Balaban J connectivity index is 2.04. The van der Waals surface area contributed by atoms with Crippen LogP contribution in [-0.2, 0) is 30.5 Å². The highest BCUT2D eigenvalue weighted by molar-refractivity contribution is 5.99. The highest BCUT2D eigenvalue weighted by Crippen LogP contribution is 2.32. The minimum atomic E-state index is -1.01. The third kappa shape index (κ3) is 8.09. The van der Waals surface area contributed by atoms with Crippen molar-refractivity contribution in [3.63, 3.8) is 0 Å². The number of primary amides is 1. The highest BCUT2D eigenvalue weighted by atomic mass is 16.5. The van der Waals surface area contributed by atoms with E-state index in [2.05, 4.69) is 21.3 Å². The van der Waals surface area contributed by atoms with Crippen molar-refractivity contribution in [2.75, 3.05) is 11.9 Å². The Morgan fingerprint density at radius 1 is 1.09 bits per heavy atom. The third-order valence-electron chi connectivity index (χ3n) is 5.31. The lowest BCUT2D eigenvalue weighted by Crippen LogP contribution is -2.64. The lowest BCUT2D eigenvalue weighted by molar-refractivity contribution is -0.142. The maximum atomic E-state index is 12.9. The Kier molecular flexibility index (Phi) is 9.19. The third-order valence-corrected chi connectivity index (χ3v) is 5.31. The number of hydrogen-bond donors (Lipinski definition) is 5. The zero-order valence-corrected chi connectivity index (χ0v) is 18.9. The molecule has 6 N–H and O–H groups in total. The molecule has 0 radical (unpaired) electrons. The van der Waals surface area contributed by atoms with Crippen molar-refractivity contribution in [3.05, 3.63) is 29.8 Å². The van der Waals surface area contributed by atoms with Gasteiger partial charge < -0.3 is 31.7 Å². The highest BCUT2D eigenvalue weighted by Gasteiger charge is 2.45. The number of esters is 1. The number of anilines is 1. The summed E-state index contributed by atoms with van der Waals surface area (Å²) in [6, 6.07) is 5.18. The quantitative estimate of drug-likeness (QED) is 0.240. The van der Waals surface area contributed by atoms with E-state index in [1.54, 1.807) is 24.3 Å². The van der Waals surface area contributed by atoms with E-state index in [0.29, 0.717) is 24.9 Å². The minimum absolute atomic E-state index is 0.125. The van der Waals surface area contributed by atoms with Crippen LogP contribution in [0.4, 0.5) is 10.5 Å². The number of rotatable bonds is 11. The number of nitrogens with one attached hydrogen (secondary N) is 4. The molecule has 180 valence electrons. The summed E-state index contributed by atoms with van der Waals surface area (Å²) in [4.78, 5) is 59.2. The SMILES string of the molecule is CC(=O)NC1(C(=O)NC(CCCNC(N)=O)C(=O)Nc2ccc(COC(C)=O)cc2)CCC1. The van der Waals surface area contributed by atoms with Crippen LogP contribution in [0.1, 0.15) is 51.5 Å². The van der Waals surface area contributed by atoms with Crippen LogP contribution in [0.2, 0.25) is 0 Å². The summed E-state index contributed by atoms with van der Waals surface area (Å²) in [6.07, 6.45) is 2.45. The second-order valence-corrected chi connectivity index (χ2v) is 8.04. The number of benzene rings is 1. The number of amides is 5. The van der Waals surface area contributed by atoms with Gasteiger partial charge in [0.15, 0.2) is 0 Å². The molecule has 1 fully saturated rings. The molecule has 0 spiro atoms. The summed E-state index contributed by atoms with van der Waals surface area (Å²) < 4.78 is 4.94. The molecule has 11 heteroatoms. The van der Waals surface area contributed by atoms with Gasteiger partial charge in [-0.2, -0.15) is 0 Å². The molecule has 1 aliphatic carbocycles. The van der Waals surface area contributed by atoms with Gasteiger partial charge in [-0.15, -0.1) is 0 Å². The van der Waals surface area contributed by atoms with E-state index in [1.807, 2.05) is 0 Å². The van der Waals surface area contributed by atoms with Crippen LogP contribution in [-0.4, -0.2) is 47.8 Å². The standard InChI is InChI=1S/C22H31N5O6/c1-14(28)27-22(10-4-11-22)20(31)26-18(5-3-12-24-21(23)32)19(30)25-17-8-6-16(7-9-17)13-33-15(2)29/h6-9,18H,3-5,10-13H2,1-2H3,(H,25,30)(H,26,31)(H,27,28)(H3,23,24,32). The normalized spacial score (nSPS) is 14.7. The summed E-state index contributed by atoms with van der Waals surface area (Å²) in [5.74, 6) is -1.55. The molecule has 1 atom stereocenters. The van der Waals surface area contributed by atoms with E-state index in [9.17, 15) is 24.0 Å². The molecule has 5 amide bonds. The van der Waals surface area contributed by atoms with Crippen LogP contribution in [0.25, 0.3) is 0 Å². The number of carbonyl (C=O) groups is 5. The summed E-state index contributed by atoms with van der Waals surface area (Å²) in [5, 5.41) is 10.7. The number of hydrogen-bond acceptors (Lipinski definition) is 6. The summed E-state index contributed by atoms with van der Waals surface area (Å²) in [5.41, 5.74) is 5.32. The molecule has 1 saturated carbocycles. The molecule has 0 aliphatic heterocycles. The first-order valence-electron chi connectivity index (χ1n) is 10.8. The van der Waals surface area contributed by atoms with Crippen molar-refractivity contribution in [3.8, 4) is 0 Å². The van der Waals surface area contributed by atoms with Crippen LogP contribution in [0, 0.1) is 0 Å². The molecule has 1 aromatic rings. The molecule has 0 heterocycles. The second-order valence-electron chi connectivity index (χ2n) is 8.04. The molecule has 0 aromatic heterocycles. The lowest BCUT2D eigenvalue weighted by Gasteiger charge is -2.41. The smallest absolute Gasteiger partial charge is 0.312 e. The van der Waals surface area contributed by atoms with E-state index >= 15 is 0 Å². The average Bonchev–Trinajstić information content (AvgIpc) is 2.71. The fraction of sp³-hybridized carbons (Fsp3) is 0.500. The molecule has 1 unspecified atom stereocenters. The van der Waals surface area contributed by atoms with Crippen LogP contribution >= 0.6 is 0 Å². The Labute approximate surface area is 192 Å². The largest absolute Gasteiger partial charge is 0.461 e.